The smallest absolute Gasteiger partial charge is 0.328 e. The summed E-state index contributed by atoms with van der Waals surface area (Å²) in [5.41, 5.74) is 5.97. The number of rotatable bonds is 1. The lowest BCUT2D eigenvalue weighted by molar-refractivity contribution is -0.182. The van der Waals surface area contributed by atoms with Crippen LogP contribution >= 0.6 is 0 Å². The van der Waals surface area contributed by atoms with Gasteiger partial charge in [0.15, 0.2) is 0 Å². The first-order valence-electron chi connectivity index (χ1n) is 7.19. The zero-order valence-corrected chi connectivity index (χ0v) is 11.2. The minimum Gasteiger partial charge on any atom is -0.328 e. The molecule has 4 nitrogen and oxygen atoms in total. The van der Waals surface area contributed by atoms with E-state index in [0.717, 1.165) is 25.7 Å². The number of nitrogens with zero attached hydrogens (tertiary/aromatic N) is 3. The van der Waals surface area contributed by atoms with Crippen molar-refractivity contribution >= 4 is 0 Å². The van der Waals surface area contributed by atoms with Crippen LogP contribution in [0.5, 0.6) is 0 Å². The SMILES string of the molecule is NC1CCCC(c2nnc3n2CC(C(F)(F)F)CC3)C1. The Morgan fingerprint density at radius 2 is 1.95 bits per heavy atom. The van der Waals surface area contributed by atoms with Crippen molar-refractivity contribution in [1.82, 2.24) is 14.8 Å². The van der Waals surface area contributed by atoms with E-state index in [9.17, 15) is 13.2 Å². The molecule has 2 heterocycles. The van der Waals surface area contributed by atoms with Crippen LogP contribution in [-0.2, 0) is 13.0 Å². The number of aryl methyl sites for hydroxylation is 1. The summed E-state index contributed by atoms with van der Waals surface area (Å²) in [6, 6.07) is 0.128. The maximum Gasteiger partial charge on any atom is 0.393 e. The minimum absolute atomic E-state index is 0.0348. The van der Waals surface area contributed by atoms with Gasteiger partial charge in [0.1, 0.15) is 11.6 Å². The van der Waals surface area contributed by atoms with E-state index in [1.165, 1.54) is 0 Å². The Kier molecular flexibility index (Phi) is 3.48. The summed E-state index contributed by atoms with van der Waals surface area (Å²) < 4.78 is 40.4. The van der Waals surface area contributed by atoms with Gasteiger partial charge < -0.3 is 10.3 Å². The summed E-state index contributed by atoms with van der Waals surface area (Å²) in [6.07, 6.45) is 0.0840. The first-order chi connectivity index (χ1) is 9.45. The zero-order valence-electron chi connectivity index (χ0n) is 11.2. The van der Waals surface area contributed by atoms with Crippen molar-refractivity contribution in [3.8, 4) is 0 Å². The van der Waals surface area contributed by atoms with Crippen LogP contribution in [0.15, 0.2) is 0 Å². The van der Waals surface area contributed by atoms with Crippen molar-refractivity contribution < 1.29 is 13.2 Å². The highest BCUT2D eigenvalue weighted by molar-refractivity contribution is 5.07. The van der Waals surface area contributed by atoms with Crippen LogP contribution < -0.4 is 5.73 Å². The average Bonchev–Trinajstić information content (AvgIpc) is 2.80. The normalized spacial score (nSPS) is 31.1. The Hall–Kier alpha value is -1.11. The molecule has 1 aliphatic heterocycles. The summed E-state index contributed by atoms with van der Waals surface area (Å²) in [4.78, 5) is 0. The third kappa shape index (κ3) is 2.55. The Bertz CT molecular complexity index is 482. The summed E-state index contributed by atoms with van der Waals surface area (Å²) >= 11 is 0. The minimum atomic E-state index is -4.14. The van der Waals surface area contributed by atoms with E-state index >= 15 is 0 Å². The number of hydrogen-bond donors (Lipinski definition) is 1. The highest BCUT2D eigenvalue weighted by atomic mass is 19.4. The largest absolute Gasteiger partial charge is 0.393 e. The highest BCUT2D eigenvalue weighted by Crippen LogP contribution is 2.37. The van der Waals surface area contributed by atoms with Gasteiger partial charge in [-0.05, 0) is 25.7 Å². The van der Waals surface area contributed by atoms with Crippen molar-refractivity contribution in [3.63, 3.8) is 0 Å². The average molecular weight is 288 g/mol. The molecule has 1 aliphatic carbocycles. The van der Waals surface area contributed by atoms with Gasteiger partial charge in [-0.1, -0.05) is 6.42 Å². The van der Waals surface area contributed by atoms with Crippen molar-refractivity contribution in [2.45, 2.75) is 63.2 Å². The number of alkyl halides is 3. The molecule has 112 valence electrons. The maximum absolute atomic E-state index is 12.9. The summed E-state index contributed by atoms with van der Waals surface area (Å²) in [7, 11) is 0. The van der Waals surface area contributed by atoms with Crippen molar-refractivity contribution in [3.05, 3.63) is 11.6 Å². The van der Waals surface area contributed by atoms with Crippen molar-refractivity contribution in [2.75, 3.05) is 0 Å². The molecule has 1 saturated carbocycles. The monoisotopic (exact) mass is 288 g/mol. The molecule has 2 N–H and O–H groups in total. The summed E-state index contributed by atoms with van der Waals surface area (Å²) in [6.45, 7) is -0.0348. The molecule has 0 amide bonds. The lowest BCUT2D eigenvalue weighted by Gasteiger charge is -2.30. The topological polar surface area (TPSA) is 56.7 Å². The number of nitrogens with two attached hydrogens (primary N) is 1. The van der Waals surface area contributed by atoms with Gasteiger partial charge in [-0.2, -0.15) is 13.2 Å². The molecule has 3 atom stereocenters. The Labute approximate surface area is 115 Å². The molecular formula is C13H19F3N4. The second kappa shape index (κ2) is 5.02. The van der Waals surface area contributed by atoms with Gasteiger partial charge in [0, 0.05) is 24.9 Å². The van der Waals surface area contributed by atoms with Gasteiger partial charge in [-0.3, -0.25) is 0 Å². The van der Waals surface area contributed by atoms with E-state index in [4.69, 9.17) is 5.73 Å². The number of hydrogen-bond acceptors (Lipinski definition) is 3. The van der Waals surface area contributed by atoms with Gasteiger partial charge in [-0.15, -0.1) is 10.2 Å². The number of aromatic nitrogens is 3. The van der Waals surface area contributed by atoms with Gasteiger partial charge in [0.25, 0.3) is 0 Å². The van der Waals surface area contributed by atoms with Gasteiger partial charge >= 0.3 is 6.18 Å². The molecule has 0 bridgehead atoms. The second-order valence-corrected chi connectivity index (χ2v) is 5.99. The fourth-order valence-electron chi connectivity index (χ4n) is 3.38. The Morgan fingerprint density at radius 1 is 1.15 bits per heavy atom. The standard InChI is InChI=1S/C13H19F3N4/c14-13(15,16)9-4-5-11-18-19-12(20(11)7-9)8-2-1-3-10(17)6-8/h8-10H,1-7,17H2. The molecule has 7 heteroatoms. The number of fused-ring (bicyclic) bond motifs is 1. The Morgan fingerprint density at radius 3 is 2.65 bits per heavy atom. The quantitative estimate of drug-likeness (QED) is 0.863. The van der Waals surface area contributed by atoms with E-state index in [1.807, 2.05) is 0 Å². The molecule has 0 saturated heterocycles. The lowest BCUT2D eigenvalue weighted by Crippen LogP contribution is -2.34. The lowest BCUT2D eigenvalue weighted by atomic mass is 9.85. The third-order valence-corrected chi connectivity index (χ3v) is 4.52. The van der Waals surface area contributed by atoms with E-state index < -0.39 is 12.1 Å². The molecular weight excluding hydrogens is 269 g/mol. The predicted molar refractivity (Wildman–Crippen MR) is 67.1 cm³/mol. The van der Waals surface area contributed by atoms with E-state index in [1.54, 1.807) is 4.57 Å². The first kappa shape index (κ1) is 13.9. The molecule has 1 fully saturated rings. The molecule has 1 aromatic heterocycles. The van der Waals surface area contributed by atoms with Crippen LogP contribution in [0.2, 0.25) is 0 Å². The van der Waals surface area contributed by atoms with Gasteiger partial charge in [-0.25, -0.2) is 0 Å². The van der Waals surface area contributed by atoms with Crippen molar-refractivity contribution in [2.24, 2.45) is 11.7 Å². The Balaban J connectivity index is 1.83. The van der Waals surface area contributed by atoms with Crippen LogP contribution in [0.4, 0.5) is 13.2 Å². The first-order valence-corrected chi connectivity index (χ1v) is 7.19. The third-order valence-electron chi connectivity index (χ3n) is 4.52. The molecule has 0 aromatic carbocycles. The van der Waals surface area contributed by atoms with Crippen LogP contribution in [0.25, 0.3) is 0 Å². The summed E-state index contributed by atoms with van der Waals surface area (Å²) in [5, 5.41) is 8.24. The predicted octanol–water partition coefficient (Wildman–Crippen LogP) is 2.39. The molecule has 2 aliphatic rings. The van der Waals surface area contributed by atoms with E-state index in [0.29, 0.717) is 18.1 Å². The highest BCUT2D eigenvalue weighted by Gasteiger charge is 2.42. The second-order valence-electron chi connectivity index (χ2n) is 5.99. The van der Waals surface area contributed by atoms with Crippen LogP contribution in [0, 0.1) is 5.92 Å². The van der Waals surface area contributed by atoms with Gasteiger partial charge in [0.05, 0.1) is 5.92 Å². The van der Waals surface area contributed by atoms with Crippen molar-refractivity contribution in [1.29, 1.82) is 0 Å². The summed E-state index contributed by atoms with van der Waals surface area (Å²) in [5.74, 6) is 0.290. The fraction of sp³-hybridized carbons (Fsp3) is 0.846. The van der Waals surface area contributed by atoms with E-state index in [-0.39, 0.29) is 24.9 Å². The fourth-order valence-corrected chi connectivity index (χ4v) is 3.38. The molecule has 0 spiro atoms. The number of halogens is 3. The van der Waals surface area contributed by atoms with Crippen LogP contribution in [-0.4, -0.2) is 27.0 Å². The van der Waals surface area contributed by atoms with Gasteiger partial charge in [0.2, 0.25) is 0 Å². The molecule has 20 heavy (non-hydrogen) atoms. The molecule has 3 rings (SSSR count). The van der Waals surface area contributed by atoms with E-state index in [2.05, 4.69) is 10.2 Å². The van der Waals surface area contributed by atoms with Crippen LogP contribution in [0.3, 0.4) is 0 Å². The molecule has 1 aromatic rings. The molecule has 0 radical (unpaired) electrons. The maximum atomic E-state index is 12.9. The zero-order chi connectivity index (χ0) is 14.3. The van der Waals surface area contributed by atoms with Crippen LogP contribution in [0.1, 0.15) is 49.7 Å². The molecule has 3 unspecified atom stereocenters.